The number of hydrogen-bond donors (Lipinski definition) is 1. The third kappa shape index (κ3) is 2.72. The summed E-state index contributed by atoms with van der Waals surface area (Å²) in [6.07, 6.45) is 2.63. The normalized spacial score (nSPS) is 15.5. The molecule has 1 amide bonds. The Bertz CT molecular complexity index is 661. The van der Waals surface area contributed by atoms with Gasteiger partial charge >= 0.3 is 0 Å². The van der Waals surface area contributed by atoms with Crippen LogP contribution in [0.1, 0.15) is 25.6 Å². The molecule has 1 fully saturated rings. The number of hydrogen-bond acceptors (Lipinski definition) is 5. The summed E-state index contributed by atoms with van der Waals surface area (Å²) in [6.45, 7) is 7.59. The predicted octanol–water partition coefficient (Wildman–Crippen LogP) is 2.21. The fourth-order valence-corrected chi connectivity index (χ4v) is 3.47. The standard InChI is InChI=1S/C15H20N4OS/c1-4-11-5-12-13(16-8-17-15(12)21-11)19-6-10(7-19)14(20)18-9(2)3/h5,8-10H,4,6-7H2,1-3H3,(H,18,20). The molecule has 0 saturated carbocycles. The summed E-state index contributed by atoms with van der Waals surface area (Å²) in [5.74, 6) is 1.18. The van der Waals surface area contributed by atoms with Crippen molar-refractivity contribution in [2.45, 2.75) is 33.2 Å². The first-order valence-electron chi connectivity index (χ1n) is 7.37. The van der Waals surface area contributed by atoms with Crippen molar-refractivity contribution in [1.29, 1.82) is 0 Å². The number of fused-ring (bicyclic) bond motifs is 1. The first-order chi connectivity index (χ1) is 10.1. The molecule has 112 valence electrons. The number of rotatable bonds is 4. The molecule has 21 heavy (non-hydrogen) atoms. The third-order valence-electron chi connectivity index (χ3n) is 3.69. The fourth-order valence-electron chi connectivity index (χ4n) is 2.54. The average molecular weight is 304 g/mol. The maximum atomic E-state index is 12.0. The van der Waals surface area contributed by atoms with E-state index < -0.39 is 0 Å². The molecule has 2 aromatic heterocycles. The Morgan fingerprint density at radius 2 is 2.24 bits per heavy atom. The molecule has 6 heteroatoms. The lowest BCUT2D eigenvalue weighted by Gasteiger charge is -2.39. The van der Waals surface area contributed by atoms with E-state index >= 15 is 0 Å². The number of carbonyl (C=O) groups is 1. The second kappa shape index (κ2) is 5.60. The number of anilines is 1. The van der Waals surface area contributed by atoms with Crippen LogP contribution in [0.2, 0.25) is 0 Å². The SMILES string of the molecule is CCc1cc2c(N3CC(C(=O)NC(C)C)C3)ncnc2s1. The Hall–Kier alpha value is -1.69. The lowest BCUT2D eigenvalue weighted by molar-refractivity contribution is -0.126. The zero-order valence-corrected chi connectivity index (χ0v) is 13.4. The van der Waals surface area contributed by atoms with Gasteiger partial charge in [0.2, 0.25) is 5.91 Å². The Morgan fingerprint density at radius 3 is 2.90 bits per heavy atom. The van der Waals surface area contributed by atoms with E-state index in [2.05, 4.69) is 33.2 Å². The average Bonchev–Trinajstić information content (AvgIpc) is 2.79. The molecule has 0 atom stereocenters. The molecule has 1 saturated heterocycles. The van der Waals surface area contributed by atoms with Gasteiger partial charge in [-0.05, 0) is 26.3 Å². The molecule has 1 aliphatic heterocycles. The van der Waals surface area contributed by atoms with Crippen molar-refractivity contribution in [3.63, 3.8) is 0 Å². The highest BCUT2D eigenvalue weighted by molar-refractivity contribution is 7.18. The molecule has 0 spiro atoms. The molecule has 0 bridgehead atoms. The van der Waals surface area contributed by atoms with Crippen molar-refractivity contribution < 1.29 is 4.79 Å². The number of aromatic nitrogens is 2. The molecular formula is C15H20N4OS. The van der Waals surface area contributed by atoms with Gasteiger partial charge in [-0.15, -0.1) is 11.3 Å². The van der Waals surface area contributed by atoms with E-state index in [1.54, 1.807) is 17.7 Å². The Labute approximate surface area is 128 Å². The van der Waals surface area contributed by atoms with Crippen molar-refractivity contribution in [2.75, 3.05) is 18.0 Å². The van der Waals surface area contributed by atoms with Crippen LogP contribution in [-0.2, 0) is 11.2 Å². The van der Waals surface area contributed by atoms with E-state index in [-0.39, 0.29) is 17.9 Å². The van der Waals surface area contributed by atoms with Crippen LogP contribution >= 0.6 is 11.3 Å². The van der Waals surface area contributed by atoms with Crippen molar-refractivity contribution in [2.24, 2.45) is 5.92 Å². The molecular weight excluding hydrogens is 284 g/mol. The third-order valence-corrected chi connectivity index (χ3v) is 4.88. The molecule has 1 N–H and O–H groups in total. The van der Waals surface area contributed by atoms with Crippen molar-refractivity contribution in [1.82, 2.24) is 15.3 Å². The van der Waals surface area contributed by atoms with E-state index in [4.69, 9.17) is 0 Å². The van der Waals surface area contributed by atoms with E-state index in [1.165, 1.54) is 4.88 Å². The van der Waals surface area contributed by atoms with Crippen LogP contribution in [0.3, 0.4) is 0 Å². The van der Waals surface area contributed by atoms with Crippen molar-refractivity contribution >= 4 is 33.3 Å². The minimum absolute atomic E-state index is 0.0710. The highest BCUT2D eigenvalue weighted by Gasteiger charge is 2.34. The minimum atomic E-state index is 0.0710. The highest BCUT2D eigenvalue weighted by Crippen LogP contribution is 2.33. The van der Waals surface area contributed by atoms with Crippen molar-refractivity contribution in [3.05, 3.63) is 17.3 Å². The number of aryl methyl sites for hydroxylation is 1. The fraction of sp³-hybridized carbons (Fsp3) is 0.533. The zero-order valence-electron chi connectivity index (χ0n) is 12.6. The predicted molar refractivity (Wildman–Crippen MR) is 85.8 cm³/mol. The molecule has 2 aromatic rings. The van der Waals surface area contributed by atoms with Gasteiger partial charge in [-0.3, -0.25) is 4.79 Å². The Balaban J connectivity index is 1.75. The quantitative estimate of drug-likeness (QED) is 0.941. The van der Waals surface area contributed by atoms with Crippen LogP contribution in [0.5, 0.6) is 0 Å². The largest absolute Gasteiger partial charge is 0.354 e. The van der Waals surface area contributed by atoms with E-state index in [9.17, 15) is 4.79 Å². The molecule has 0 unspecified atom stereocenters. The number of thiophene rings is 1. The molecule has 0 radical (unpaired) electrons. The van der Waals surface area contributed by atoms with E-state index in [0.717, 1.165) is 35.5 Å². The summed E-state index contributed by atoms with van der Waals surface area (Å²) in [7, 11) is 0. The molecule has 5 nitrogen and oxygen atoms in total. The monoisotopic (exact) mass is 304 g/mol. The van der Waals surface area contributed by atoms with Gasteiger partial charge < -0.3 is 10.2 Å². The summed E-state index contributed by atoms with van der Waals surface area (Å²) >= 11 is 1.72. The smallest absolute Gasteiger partial charge is 0.226 e. The lowest BCUT2D eigenvalue weighted by atomic mass is 9.98. The van der Waals surface area contributed by atoms with Crippen molar-refractivity contribution in [3.8, 4) is 0 Å². The first-order valence-corrected chi connectivity index (χ1v) is 8.19. The summed E-state index contributed by atoms with van der Waals surface area (Å²) in [5, 5.41) is 4.08. The van der Waals surface area contributed by atoms with Gasteiger partial charge in [-0.25, -0.2) is 9.97 Å². The molecule has 3 rings (SSSR count). The van der Waals surface area contributed by atoms with Crippen LogP contribution in [-0.4, -0.2) is 35.0 Å². The first kappa shape index (κ1) is 14.3. The van der Waals surface area contributed by atoms with Gasteiger partial charge in [0.05, 0.1) is 11.3 Å². The second-order valence-corrected chi connectivity index (χ2v) is 6.86. The summed E-state index contributed by atoms with van der Waals surface area (Å²) < 4.78 is 0. The summed E-state index contributed by atoms with van der Waals surface area (Å²) in [5.41, 5.74) is 0. The summed E-state index contributed by atoms with van der Waals surface area (Å²) in [4.78, 5) is 25.2. The Kier molecular flexibility index (Phi) is 3.80. The number of amides is 1. The zero-order chi connectivity index (χ0) is 15.0. The summed E-state index contributed by atoms with van der Waals surface area (Å²) in [6, 6.07) is 2.37. The van der Waals surface area contributed by atoms with Gasteiger partial charge in [-0.2, -0.15) is 0 Å². The van der Waals surface area contributed by atoms with E-state index in [0.29, 0.717) is 0 Å². The van der Waals surface area contributed by atoms with Gasteiger partial charge in [0.25, 0.3) is 0 Å². The van der Waals surface area contributed by atoms with Crippen LogP contribution in [0.25, 0.3) is 10.2 Å². The molecule has 1 aliphatic rings. The van der Waals surface area contributed by atoms with Gasteiger partial charge in [-0.1, -0.05) is 6.92 Å². The number of nitrogens with zero attached hydrogens (tertiary/aromatic N) is 3. The van der Waals surface area contributed by atoms with E-state index in [1.807, 2.05) is 13.8 Å². The topological polar surface area (TPSA) is 58.1 Å². The second-order valence-electron chi connectivity index (χ2n) is 5.75. The van der Waals surface area contributed by atoms with Crippen LogP contribution < -0.4 is 10.2 Å². The van der Waals surface area contributed by atoms with Gasteiger partial charge in [0.15, 0.2) is 0 Å². The highest BCUT2D eigenvalue weighted by atomic mass is 32.1. The molecule has 0 aliphatic carbocycles. The minimum Gasteiger partial charge on any atom is -0.354 e. The lowest BCUT2D eigenvalue weighted by Crippen LogP contribution is -2.55. The molecule has 3 heterocycles. The number of carbonyl (C=O) groups excluding carboxylic acids is 1. The Morgan fingerprint density at radius 1 is 1.48 bits per heavy atom. The maximum Gasteiger partial charge on any atom is 0.226 e. The maximum absolute atomic E-state index is 12.0. The van der Waals surface area contributed by atoms with Crippen LogP contribution in [0.4, 0.5) is 5.82 Å². The molecule has 0 aromatic carbocycles. The van der Waals surface area contributed by atoms with Crippen LogP contribution in [0.15, 0.2) is 12.4 Å². The number of nitrogens with one attached hydrogen (secondary N) is 1. The van der Waals surface area contributed by atoms with Crippen LogP contribution in [0, 0.1) is 5.92 Å². The van der Waals surface area contributed by atoms with Gasteiger partial charge in [0.1, 0.15) is 17.0 Å². The van der Waals surface area contributed by atoms with Gasteiger partial charge in [0, 0.05) is 24.0 Å².